The maximum atomic E-state index is 12.2. The second-order valence-electron chi connectivity index (χ2n) is 6.95. The van der Waals surface area contributed by atoms with Crippen molar-refractivity contribution in [3.63, 3.8) is 0 Å². The van der Waals surface area contributed by atoms with Gasteiger partial charge in [-0.2, -0.15) is 0 Å². The molecule has 0 unspecified atom stereocenters. The average Bonchev–Trinajstić information content (AvgIpc) is 2.63. The fourth-order valence-electron chi connectivity index (χ4n) is 2.56. The number of esters is 1. The summed E-state index contributed by atoms with van der Waals surface area (Å²) in [6.07, 6.45) is -0.864. The molecule has 2 N–H and O–H groups in total. The molecular weight excluding hydrogens is 356 g/mol. The van der Waals surface area contributed by atoms with Gasteiger partial charge in [-0.05, 0) is 48.2 Å². The van der Waals surface area contributed by atoms with Gasteiger partial charge in [0.05, 0.1) is 6.42 Å². The second-order valence-corrected chi connectivity index (χ2v) is 6.95. The number of hydrogen-bond donors (Lipinski definition) is 2. The summed E-state index contributed by atoms with van der Waals surface area (Å²) in [6.45, 7) is 7.16. The van der Waals surface area contributed by atoms with E-state index in [0.29, 0.717) is 17.3 Å². The lowest BCUT2D eigenvalue weighted by atomic mass is 10.0. The summed E-state index contributed by atoms with van der Waals surface area (Å²) < 4.78 is 5.22. The molecule has 0 saturated carbocycles. The van der Waals surface area contributed by atoms with E-state index in [9.17, 15) is 14.4 Å². The first kappa shape index (κ1) is 21.2. The number of carbonyl (C=O) groups excluding carboxylic acids is 3. The molecular formula is C22H26N2O4. The Morgan fingerprint density at radius 1 is 0.857 bits per heavy atom. The topological polar surface area (TPSA) is 84.5 Å². The number of nitrogens with one attached hydrogen (secondary N) is 2. The summed E-state index contributed by atoms with van der Waals surface area (Å²) in [5.41, 5.74) is 3.23. The van der Waals surface area contributed by atoms with Crippen LogP contribution in [-0.2, 0) is 25.5 Å². The summed E-state index contributed by atoms with van der Waals surface area (Å²) >= 11 is 0. The average molecular weight is 382 g/mol. The third-order valence-corrected chi connectivity index (χ3v) is 4.15. The summed E-state index contributed by atoms with van der Waals surface area (Å²) in [5.74, 6) is -0.625. The Kier molecular flexibility index (Phi) is 7.32. The highest BCUT2D eigenvalue weighted by molar-refractivity contribution is 5.95. The van der Waals surface area contributed by atoms with Crippen molar-refractivity contribution in [3.05, 3.63) is 59.7 Å². The highest BCUT2D eigenvalue weighted by Gasteiger charge is 2.18. The molecule has 0 heterocycles. The molecule has 6 nitrogen and oxygen atoms in total. The quantitative estimate of drug-likeness (QED) is 0.712. The van der Waals surface area contributed by atoms with Gasteiger partial charge in [-0.15, -0.1) is 0 Å². The normalized spacial score (nSPS) is 11.6. The zero-order valence-electron chi connectivity index (χ0n) is 16.6. The monoisotopic (exact) mass is 382 g/mol. The lowest BCUT2D eigenvalue weighted by Gasteiger charge is -2.14. The summed E-state index contributed by atoms with van der Waals surface area (Å²) in [5, 5.41) is 5.40. The van der Waals surface area contributed by atoms with Crippen LogP contribution in [0.25, 0.3) is 0 Å². The van der Waals surface area contributed by atoms with Crippen molar-refractivity contribution in [1.82, 2.24) is 0 Å². The first-order valence-corrected chi connectivity index (χ1v) is 9.21. The van der Waals surface area contributed by atoms with Crippen molar-refractivity contribution >= 4 is 29.2 Å². The van der Waals surface area contributed by atoms with Crippen molar-refractivity contribution < 1.29 is 19.1 Å². The Balaban J connectivity index is 1.85. The minimum absolute atomic E-state index is 0.0427. The zero-order chi connectivity index (χ0) is 20.7. The number of hydrogen-bond acceptors (Lipinski definition) is 4. The van der Waals surface area contributed by atoms with E-state index in [2.05, 4.69) is 24.5 Å². The Labute approximate surface area is 165 Å². The van der Waals surface area contributed by atoms with Crippen LogP contribution in [0.5, 0.6) is 0 Å². The van der Waals surface area contributed by atoms with E-state index in [1.807, 2.05) is 24.3 Å². The largest absolute Gasteiger partial charge is 0.452 e. The molecule has 0 aromatic heterocycles. The third kappa shape index (κ3) is 6.54. The molecule has 1 atom stereocenters. The van der Waals surface area contributed by atoms with Crippen LogP contribution < -0.4 is 10.6 Å². The number of rotatable bonds is 7. The van der Waals surface area contributed by atoms with Crippen molar-refractivity contribution in [2.75, 3.05) is 10.6 Å². The van der Waals surface area contributed by atoms with Crippen molar-refractivity contribution in [2.45, 2.75) is 46.1 Å². The van der Waals surface area contributed by atoms with Gasteiger partial charge in [0.25, 0.3) is 5.91 Å². The van der Waals surface area contributed by atoms with Gasteiger partial charge >= 0.3 is 5.97 Å². The first-order chi connectivity index (χ1) is 13.2. The van der Waals surface area contributed by atoms with Crippen LogP contribution in [0.1, 0.15) is 44.7 Å². The van der Waals surface area contributed by atoms with Crippen LogP contribution in [0.15, 0.2) is 48.5 Å². The van der Waals surface area contributed by atoms with Gasteiger partial charge in [0.15, 0.2) is 6.10 Å². The van der Waals surface area contributed by atoms with Crippen molar-refractivity contribution in [1.29, 1.82) is 0 Å². The van der Waals surface area contributed by atoms with E-state index in [1.54, 1.807) is 24.3 Å². The second kappa shape index (κ2) is 9.69. The fraction of sp³-hybridized carbons (Fsp3) is 0.318. The van der Waals surface area contributed by atoms with E-state index in [1.165, 1.54) is 19.4 Å². The molecule has 0 spiro atoms. The predicted octanol–water partition coefficient (Wildman–Crippen LogP) is 3.88. The van der Waals surface area contributed by atoms with E-state index in [4.69, 9.17) is 4.74 Å². The van der Waals surface area contributed by atoms with E-state index in [-0.39, 0.29) is 18.2 Å². The molecule has 148 valence electrons. The minimum Gasteiger partial charge on any atom is -0.452 e. The summed E-state index contributed by atoms with van der Waals surface area (Å²) in [4.78, 5) is 35.3. The van der Waals surface area contributed by atoms with Gasteiger partial charge < -0.3 is 15.4 Å². The zero-order valence-corrected chi connectivity index (χ0v) is 16.6. The lowest BCUT2D eigenvalue weighted by Crippen LogP contribution is -2.30. The fourth-order valence-corrected chi connectivity index (χ4v) is 2.56. The Bertz CT molecular complexity index is 827. The summed E-state index contributed by atoms with van der Waals surface area (Å²) in [7, 11) is 0. The Morgan fingerprint density at radius 2 is 1.39 bits per heavy atom. The van der Waals surface area contributed by atoms with Crippen LogP contribution in [0.2, 0.25) is 0 Å². The highest BCUT2D eigenvalue weighted by Crippen LogP contribution is 2.17. The molecule has 0 saturated heterocycles. The van der Waals surface area contributed by atoms with Crippen molar-refractivity contribution in [3.8, 4) is 0 Å². The molecule has 0 fully saturated rings. The summed E-state index contributed by atoms with van der Waals surface area (Å²) in [6, 6.07) is 14.5. The lowest BCUT2D eigenvalue weighted by molar-refractivity contribution is -0.152. The molecule has 0 aliphatic carbocycles. The van der Waals surface area contributed by atoms with Gasteiger partial charge in [-0.25, -0.2) is 0 Å². The number of carbonyl (C=O) groups is 3. The molecule has 2 aromatic rings. The molecule has 2 aromatic carbocycles. The molecule has 2 rings (SSSR count). The predicted molar refractivity (Wildman–Crippen MR) is 109 cm³/mol. The number of amides is 2. The van der Waals surface area contributed by atoms with E-state index >= 15 is 0 Å². The smallest absolute Gasteiger partial charge is 0.311 e. The van der Waals surface area contributed by atoms with Crippen LogP contribution >= 0.6 is 0 Å². The van der Waals surface area contributed by atoms with Crippen LogP contribution in [0.4, 0.5) is 11.4 Å². The molecule has 28 heavy (non-hydrogen) atoms. The maximum absolute atomic E-state index is 12.2. The van der Waals surface area contributed by atoms with Gasteiger partial charge in [-0.3, -0.25) is 14.4 Å². The number of ether oxygens (including phenoxy) is 1. The van der Waals surface area contributed by atoms with Crippen LogP contribution in [-0.4, -0.2) is 23.9 Å². The number of anilines is 2. The van der Waals surface area contributed by atoms with Gasteiger partial charge in [-0.1, -0.05) is 38.1 Å². The van der Waals surface area contributed by atoms with Crippen LogP contribution in [0, 0.1) is 0 Å². The molecule has 0 radical (unpaired) electrons. The van der Waals surface area contributed by atoms with Gasteiger partial charge in [0.1, 0.15) is 0 Å². The van der Waals surface area contributed by atoms with E-state index in [0.717, 1.165) is 5.56 Å². The standard InChI is InChI=1S/C22H26N2O4/c1-14(2)18-7-11-20(12-8-18)24-22(27)15(3)28-21(26)13-17-5-9-19(10-6-17)23-16(4)25/h5-12,14-15H,13H2,1-4H3,(H,23,25)(H,24,27)/t15-/m0/s1. The van der Waals surface area contributed by atoms with Crippen LogP contribution in [0.3, 0.4) is 0 Å². The SMILES string of the molecule is CC(=O)Nc1ccc(CC(=O)O[C@@H](C)C(=O)Nc2ccc(C(C)C)cc2)cc1. The highest BCUT2D eigenvalue weighted by atomic mass is 16.5. The molecule has 0 aliphatic rings. The number of benzene rings is 2. The Morgan fingerprint density at radius 3 is 1.93 bits per heavy atom. The third-order valence-electron chi connectivity index (χ3n) is 4.15. The molecule has 0 aliphatic heterocycles. The van der Waals surface area contributed by atoms with Gasteiger partial charge in [0.2, 0.25) is 5.91 Å². The minimum atomic E-state index is -0.907. The molecule has 6 heteroatoms. The molecule has 0 bridgehead atoms. The van der Waals surface area contributed by atoms with Gasteiger partial charge in [0, 0.05) is 18.3 Å². The molecule has 2 amide bonds. The Hall–Kier alpha value is -3.15. The maximum Gasteiger partial charge on any atom is 0.311 e. The van der Waals surface area contributed by atoms with E-state index < -0.39 is 12.1 Å². The first-order valence-electron chi connectivity index (χ1n) is 9.21. The van der Waals surface area contributed by atoms with Crippen molar-refractivity contribution in [2.24, 2.45) is 0 Å².